The summed E-state index contributed by atoms with van der Waals surface area (Å²) >= 11 is 7.44. The van der Waals surface area contributed by atoms with E-state index in [0.29, 0.717) is 34.3 Å². The molecule has 1 amide bonds. The van der Waals surface area contributed by atoms with Crippen molar-refractivity contribution in [3.8, 4) is 16.9 Å². The maximum atomic E-state index is 12.9. The summed E-state index contributed by atoms with van der Waals surface area (Å²) in [6.07, 6.45) is 0.216. The van der Waals surface area contributed by atoms with Gasteiger partial charge >= 0.3 is 0 Å². The molecule has 0 saturated heterocycles. The summed E-state index contributed by atoms with van der Waals surface area (Å²) in [4.78, 5) is 13.4. The second-order valence-electron chi connectivity index (χ2n) is 8.68. The molecular weight excluding hydrogens is 567 g/mol. The smallest absolute Gasteiger partial charge is 0.265 e. The molecule has 3 aromatic carbocycles. The first-order chi connectivity index (χ1) is 17.5. The van der Waals surface area contributed by atoms with Crippen molar-refractivity contribution in [2.24, 2.45) is 0 Å². The second kappa shape index (κ2) is 14.8. The third-order valence-electron chi connectivity index (χ3n) is 5.17. The number of hydrogen-bond donors (Lipinski definition) is 3. The number of aliphatic hydroxyl groups is 1. The topological polar surface area (TPSA) is 105 Å². The maximum absolute atomic E-state index is 12.9. The number of amides is 1. The van der Waals surface area contributed by atoms with Crippen molar-refractivity contribution in [2.75, 3.05) is 26.0 Å². The SMILES string of the molecule is CC(C)Sc1c(C(=O)NS(C)(=O)=O)ccc(-c2ccccc2)c1OCCNC[C@H](O)c1cccc(Cl)c1.Cl. The Morgan fingerprint density at radius 1 is 1.08 bits per heavy atom. The molecule has 0 aromatic heterocycles. The van der Waals surface area contributed by atoms with Crippen LogP contribution in [0.15, 0.2) is 71.6 Å². The van der Waals surface area contributed by atoms with Crippen LogP contribution >= 0.6 is 35.8 Å². The Bertz CT molecular complexity index is 1320. The fourth-order valence-corrected chi connectivity index (χ4v) is 5.28. The molecule has 206 valence electrons. The molecule has 11 heteroatoms. The van der Waals surface area contributed by atoms with Crippen LogP contribution in [0.25, 0.3) is 11.1 Å². The van der Waals surface area contributed by atoms with Crippen molar-refractivity contribution in [3.63, 3.8) is 0 Å². The lowest BCUT2D eigenvalue weighted by atomic mass is 10.0. The zero-order chi connectivity index (χ0) is 27.0. The Hall–Kier alpha value is -2.27. The lowest BCUT2D eigenvalue weighted by Gasteiger charge is -2.20. The molecule has 0 radical (unpaired) electrons. The first-order valence-corrected chi connectivity index (χ1v) is 14.9. The van der Waals surface area contributed by atoms with Gasteiger partial charge in [-0.05, 0) is 35.4 Å². The fraction of sp³-hybridized carbons (Fsp3) is 0.296. The molecular formula is C27H32Cl2N2O5S2. The summed E-state index contributed by atoms with van der Waals surface area (Å²) in [5, 5.41) is 14.3. The standard InChI is InChI=1S/C27H31ClN2O5S2.ClH/c1-18(2)36-26-23(27(32)30-37(3,33)34)13-12-22(19-8-5-4-6-9-19)25(26)35-15-14-29-17-24(31)20-10-7-11-21(28)16-20;/h4-13,16,18,24,29,31H,14-15,17H2,1-3H3,(H,30,32);1H/t24-;/m0./s1. The van der Waals surface area contributed by atoms with Gasteiger partial charge in [0, 0.05) is 28.9 Å². The second-order valence-corrected chi connectivity index (χ2v) is 12.4. The first kappa shape index (κ1) is 31.9. The van der Waals surface area contributed by atoms with Crippen LogP contribution in [0.1, 0.15) is 35.9 Å². The summed E-state index contributed by atoms with van der Waals surface area (Å²) in [5.41, 5.74) is 2.64. The van der Waals surface area contributed by atoms with Crippen LogP contribution in [-0.2, 0) is 10.0 Å². The van der Waals surface area contributed by atoms with E-state index in [2.05, 4.69) is 10.0 Å². The van der Waals surface area contributed by atoms with Gasteiger partial charge in [-0.3, -0.25) is 4.79 Å². The zero-order valence-corrected chi connectivity index (χ0v) is 24.5. The molecule has 3 rings (SSSR count). The highest BCUT2D eigenvalue weighted by Gasteiger charge is 2.23. The number of rotatable bonds is 12. The number of carbonyl (C=O) groups excluding carboxylic acids is 1. The van der Waals surface area contributed by atoms with Crippen LogP contribution in [0, 0.1) is 0 Å². The Kier molecular flexibility index (Phi) is 12.4. The van der Waals surface area contributed by atoms with Crippen molar-refractivity contribution in [1.82, 2.24) is 10.0 Å². The molecule has 7 nitrogen and oxygen atoms in total. The lowest BCUT2D eigenvalue weighted by molar-refractivity contribution is 0.0978. The Morgan fingerprint density at radius 2 is 1.79 bits per heavy atom. The molecule has 1 atom stereocenters. The van der Waals surface area contributed by atoms with Gasteiger partial charge in [-0.2, -0.15) is 0 Å². The van der Waals surface area contributed by atoms with Gasteiger partial charge in [0.25, 0.3) is 5.91 Å². The molecule has 0 aliphatic heterocycles. The fourth-order valence-electron chi connectivity index (χ4n) is 3.60. The van der Waals surface area contributed by atoms with Gasteiger partial charge in [0.2, 0.25) is 10.0 Å². The third-order valence-corrected chi connectivity index (χ3v) is 7.07. The largest absolute Gasteiger partial charge is 0.490 e. The summed E-state index contributed by atoms with van der Waals surface area (Å²) in [6, 6.07) is 20.1. The van der Waals surface area contributed by atoms with E-state index in [1.807, 2.05) is 50.2 Å². The maximum Gasteiger partial charge on any atom is 0.265 e. The summed E-state index contributed by atoms with van der Waals surface area (Å²) < 4.78 is 31.8. The van der Waals surface area contributed by atoms with E-state index in [4.69, 9.17) is 16.3 Å². The number of carbonyl (C=O) groups is 1. The lowest BCUT2D eigenvalue weighted by Crippen LogP contribution is -2.30. The van der Waals surface area contributed by atoms with Crippen LogP contribution in [0.2, 0.25) is 5.02 Å². The number of thioether (sulfide) groups is 1. The van der Waals surface area contributed by atoms with E-state index in [0.717, 1.165) is 17.4 Å². The average Bonchev–Trinajstić information content (AvgIpc) is 2.83. The normalized spacial score (nSPS) is 12.1. The van der Waals surface area contributed by atoms with E-state index >= 15 is 0 Å². The number of hydrogen-bond acceptors (Lipinski definition) is 7. The summed E-state index contributed by atoms with van der Waals surface area (Å²) in [5.74, 6) is -0.207. The molecule has 0 aliphatic carbocycles. The van der Waals surface area contributed by atoms with Crippen LogP contribution in [0.4, 0.5) is 0 Å². The third kappa shape index (κ3) is 9.48. The minimum absolute atomic E-state index is 0. The van der Waals surface area contributed by atoms with Crippen LogP contribution in [0.5, 0.6) is 5.75 Å². The predicted molar refractivity (Wildman–Crippen MR) is 157 cm³/mol. The van der Waals surface area contributed by atoms with E-state index in [9.17, 15) is 18.3 Å². The van der Waals surface area contributed by atoms with Gasteiger partial charge < -0.3 is 15.2 Å². The van der Waals surface area contributed by atoms with Crippen molar-refractivity contribution >= 4 is 51.7 Å². The average molecular weight is 600 g/mol. The highest BCUT2D eigenvalue weighted by Crippen LogP contribution is 2.42. The molecule has 0 fully saturated rings. The molecule has 0 spiro atoms. The highest BCUT2D eigenvalue weighted by molar-refractivity contribution is 8.00. The zero-order valence-electron chi connectivity index (χ0n) is 21.3. The predicted octanol–water partition coefficient (Wildman–Crippen LogP) is 5.32. The van der Waals surface area contributed by atoms with Crippen molar-refractivity contribution in [3.05, 3.63) is 82.9 Å². The summed E-state index contributed by atoms with van der Waals surface area (Å²) in [7, 11) is -3.74. The van der Waals surface area contributed by atoms with E-state index < -0.39 is 22.0 Å². The van der Waals surface area contributed by atoms with Crippen molar-refractivity contribution in [2.45, 2.75) is 30.1 Å². The molecule has 38 heavy (non-hydrogen) atoms. The molecule has 0 heterocycles. The number of benzene rings is 3. The number of ether oxygens (including phenoxy) is 1. The van der Waals surface area contributed by atoms with Gasteiger partial charge in [0.1, 0.15) is 12.4 Å². The number of halogens is 2. The van der Waals surface area contributed by atoms with Crippen LogP contribution in [0.3, 0.4) is 0 Å². The Labute approximate surface area is 239 Å². The molecule has 0 unspecified atom stereocenters. The Morgan fingerprint density at radius 3 is 2.42 bits per heavy atom. The molecule has 3 N–H and O–H groups in total. The Balaban J connectivity index is 0.00000507. The molecule has 0 bridgehead atoms. The van der Waals surface area contributed by atoms with Gasteiger partial charge in [-0.25, -0.2) is 13.1 Å². The molecule has 0 aliphatic rings. The quantitative estimate of drug-likeness (QED) is 0.191. The van der Waals surface area contributed by atoms with Gasteiger partial charge in [-0.15, -0.1) is 24.2 Å². The minimum Gasteiger partial charge on any atom is -0.490 e. The van der Waals surface area contributed by atoms with Gasteiger partial charge in [0.15, 0.2) is 0 Å². The van der Waals surface area contributed by atoms with Crippen molar-refractivity contribution < 1.29 is 23.1 Å². The molecule has 0 saturated carbocycles. The first-order valence-electron chi connectivity index (χ1n) is 11.7. The van der Waals surface area contributed by atoms with E-state index in [1.54, 1.807) is 30.3 Å². The van der Waals surface area contributed by atoms with E-state index in [-0.39, 0.29) is 29.8 Å². The van der Waals surface area contributed by atoms with Crippen molar-refractivity contribution in [1.29, 1.82) is 0 Å². The monoisotopic (exact) mass is 598 g/mol. The number of sulfonamides is 1. The molecule has 3 aromatic rings. The minimum atomic E-state index is -3.74. The summed E-state index contributed by atoms with van der Waals surface area (Å²) in [6.45, 7) is 4.96. The van der Waals surface area contributed by atoms with Crippen LogP contribution < -0.4 is 14.8 Å². The van der Waals surface area contributed by atoms with E-state index in [1.165, 1.54) is 11.8 Å². The number of nitrogens with one attached hydrogen (secondary N) is 2. The van der Waals surface area contributed by atoms with Crippen LogP contribution in [-0.4, -0.2) is 50.6 Å². The number of aliphatic hydroxyl groups excluding tert-OH is 1. The van der Waals surface area contributed by atoms with Gasteiger partial charge in [-0.1, -0.05) is 67.9 Å². The highest BCUT2D eigenvalue weighted by atomic mass is 35.5. The van der Waals surface area contributed by atoms with Gasteiger partial charge in [0.05, 0.1) is 22.8 Å².